The molecule has 0 aliphatic heterocycles. The molecule has 0 fully saturated rings. The molecule has 0 saturated carbocycles. The van der Waals surface area contributed by atoms with Gasteiger partial charge in [0.2, 0.25) is 5.52 Å². The number of rotatable bonds is 9. The van der Waals surface area contributed by atoms with Crippen LogP contribution in [0.15, 0.2) is 79.0 Å². The van der Waals surface area contributed by atoms with Crippen LogP contribution in [0.5, 0.6) is 5.75 Å². The molecule has 0 bridgehead atoms. The lowest BCUT2D eigenvalue weighted by Crippen LogP contribution is -2.37. The Bertz CT molecular complexity index is 1120. The van der Waals surface area contributed by atoms with Gasteiger partial charge in [0.05, 0.1) is 0 Å². The zero-order valence-electron chi connectivity index (χ0n) is 17.4. The molecular formula is C26H29N2O2+. The van der Waals surface area contributed by atoms with Crippen LogP contribution in [0.2, 0.25) is 0 Å². The Labute approximate surface area is 177 Å². The monoisotopic (exact) mass is 401 g/mol. The molecule has 0 radical (unpaired) electrons. The number of aliphatic hydroxyl groups excluding tert-OH is 1. The SMILES string of the molecule is Cc1cc[n+](CCCNCC(O)COc2cccc3ccccc23)c2ccccc12. The van der Waals surface area contributed by atoms with Crippen LogP contribution in [0, 0.1) is 6.92 Å². The average molecular weight is 402 g/mol. The van der Waals surface area contributed by atoms with Gasteiger partial charge in [0.25, 0.3) is 0 Å². The van der Waals surface area contributed by atoms with Crippen LogP contribution in [-0.2, 0) is 6.54 Å². The highest BCUT2D eigenvalue weighted by Gasteiger charge is 2.10. The van der Waals surface area contributed by atoms with Crippen molar-refractivity contribution >= 4 is 21.7 Å². The van der Waals surface area contributed by atoms with Crippen LogP contribution in [0.3, 0.4) is 0 Å². The predicted molar refractivity (Wildman–Crippen MR) is 122 cm³/mol. The van der Waals surface area contributed by atoms with Gasteiger partial charge in [-0.2, -0.15) is 4.57 Å². The van der Waals surface area contributed by atoms with Gasteiger partial charge in [-0.15, -0.1) is 0 Å². The van der Waals surface area contributed by atoms with Crippen molar-refractivity contribution in [2.24, 2.45) is 0 Å². The molecule has 4 nitrogen and oxygen atoms in total. The van der Waals surface area contributed by atoms with E-state index in [-0.39, 0.29) is 6.61 Å². The van der Waals surface area contributed by atoms with Gasteiger partial charge in [0.15, 0.2) is 6.20 Å². The highest BCUT2D eigenvalue weighted by molar-refractivity contribution is 5.88. The number of para-hydroxylation sites is 1. The molecule has 1 heterocycles. The van der Waals surface area contributed by atoms with Crippen LogP contribution in [0.25, 0.3) is 21.7 Å². The number of aliphatic hydroxyl groups is 1. The van der Waals surface area contributed by atoms with Gasteiger partial charge in [0, 0.05) is 42.4 Å². The molecule has 30 heavy (non-hydrogen) atoms. The first-order valence-corrected chi connectivity index (χ1v) is 10.6. The standard InChI is InChI=1S/C26H29N2O2/c1-20-14-17-28(25-12-5-4-10-23(20)25)16-7-15-27-18-22(29)19-30-26-13-6-9-21-8-2-3-11-24(21)26/h2-6,8-14,17,22,27,29H,7,15-16,18-19H2,1H3/q+1. The van der Waals surface area contributed by atoms with Crippen LogP contribution in [-0.4, -0.2) is 30.9 Å². The van der Waals surface area contributed by atoms with E-state index in [0.717, 1.165) is 36.0 Å². The van der Waals surface area contributed by atoms with Gasteiger partial charge < -0.3 is 15.2 Å². The number of benzene rings is 3. The van der Waals surface area contributed by atoms with Crippen molar-refractivity contribution in [1.82, 2.24) is 5.32 Å². The molecule has 154 valence electrons. The Balaban J connectivity index is 1.22. The first-order valence-electron chi connectivity index (χ1n) is 10.6. The third kappa shape index (κ3) is 4.78. The third-order valence-corrected chi connectivity index (χ3v) is 5.46. The first kappa shape index (κ1) is 20.3. The van der Waals surface area contributed by atoms with E-state index in [1.54, 1.807) is 0 Å². The maximum atomic E-state index is 10.3. The topological polar surface area (TPSA) is 45.4 Å². The molecule has 4 aromatic rings. The molecule has 0 spiro atoms. The molecule has 0 amide bonds. The van der Waals surface area contributed by atoms with Gasteiger partial charge >= 0.3 is 0 Å². The number of nitrogens with one attached hydrogen (secondary N) is 1. The fraction of sp³-hybridized carbons (Fsp3) is 0.269. The molecular weight excluding hydrogens is 372 g/mol. The highest BCUT2D eigenvalue weighted by Crippen LogP contribution is 2.25. The minimum atomic E-state index is -0.545. The lowest BCUT2D eigenvalue weighted by molar-refractivity contribution is -0.671. The number of ether oxygens (including phenoxy) is 1. The summed E-state index contributed by atoms with van der Waals surface area (Å²) in [5.41, 5.74) is 2.57. The van der Waals surface area contributed by atoms with Crippen LogP contribution in [0.1, 0.15) is 12.0 Å². The zero-order chi connectivity index (χ0) is 20.8. The van der Waals surface area contributed by atoms with Crippen molar-refractivity contribution < 1.29 is 14.4 Å². The summed E-state index contributed by atoms with van der Waals surface area (Å²) in [6, 6.07) is 24.8. The lowest BCUT2D eigenvalue weighted by Gasteiger charge is -2.14. The second-order valence-electron chi connectivity index (χ2n) is 7.71. The van der Waals surface area contributed by atoms with Crippen molar-refractivity contribution in [2.45, 2.75) is 26.0 Å². The highest BCUT2D eigenvalue weighted by atomic mass is 16.5. The summed E-state index contributed by atoms with van der Waals surface area (Å²) in [4.78, 5) is 0. The van der Waals surface area contributed by atoms with Gasteiger partial charge in [0.1, 0.15) is 25.0 Å². The second kappa shape index (κ2) is 9.70. The smallest absolute Gasteiger partial charge is 0.212 e. The molecule has 0 aliphatic carbocycles. The summed E-state index contributed by atoms with van der Waals surface area (Å²) in [7, 11) is 0. The maximum absolute atomic E-state index is 10.3. The van der Waals surface area contributed by atoms with Crippen molar-refractivity contribution in [1.29, 1.82) is 0 Å². The molecule has 0 saturated heterocycles. The molecule has 2 N–H and O–H groups in total. The Kier molecular flexibility index (Phi) is 6.57. The van der Waals surface area contributed by atoms with E-state index in [9.17, 15) is 5.11 Å². The third-order valence-electron chi connectivity index (χ3n) is 5.46. The van der Waals surface area contributed by atoms with Gasteiger partial charge in [-0.25, -0.2) is 0 Å². The van der Waals surface area contributed by atoms with E-state index in [1.807, 2.05) is 30.3 Å². The van der Waals surface area contributed by atoms with E-state index in [4.69, 9.17) is 4.74 Å². The van der Waals surface area contributed by atoms with Gasteiger partial charge in [-0.3, -0.25) is 0 Å². The number of pyridine rings is 1. The largest absolute Gasteiger partial charge is 0.490 e. The Hall–Kier alpha value is -2.95. The number of hydrogen-bond acceptors (Lipinski definition) is 3. The van der Waals surface area contributed by atoms with Crippen LogP contribution < -0.4 is 14.6 Å². The number of hydrogen-bond donors (Lipinski definition) is 2. The fourth-order valence-corrected chi connectivity index (χ4v) is 3.83. The van der Waals surface area contributed by atoms with E-state index in [0.29, 0.717) is 6.54 Å². The summed E-state index contributed by atoms with van der Waals surface area (Å²) in [5.74, 6) is 0.815. The first-order chi connectivity index (χ1) is 14.7. The Morgan fingerprint density at radius 2 is 1.70 bits per heavy atom. The molecule has 4 heteroatoms. The van der Waals surface area contributed by atoms with Crippen molar-refractivity contribution in [3.8, 4) is 5.75 Å². The number of aromatic nitrogens is 1. The van der Waals surface area contributed by atoms with Gasteiger partial charge in [-0.05, 0) is 30.0 Å². The van der Waals surface area contributed by atoms with Crippen molar-refractivity contribution in [3.05, 3.63) is 84.6 Å². The number of aryl methyl sites for hydroxylation is 2. The molecule has 4 rings (SSSR count). The normalized spacial score (nSPS) is 12.3. The van der Waals surface area contributed by atoms with E-state index >= 15 is 0 Å². The van der Waals surface area contributed by atoms with E-state index < -0.39 is 6.10 Å². The summed E-state index contributed by atoms with van der Waals surface area (Å²) in [6.45, 7) is 4.73. The molecule has 1 unspecified atom stereocenters. The van der Waals surface area contributed by atoms with E-state index in [1.165, 1.54) is 16.5 Å². The van der Waals surface area contributed by atoms with Crippen LogP contribution >= 0.6 is 0 Å². The van der Waals surface area contributed by atoms with Crippen molar-refractivity contribution in [3.63, 3.8) is 0 Å². The minimum Gasteiger partial charge on any atom is -0.490 e. The fourth-order valence-electron chi connectivity index (χ4n) is 3.83. The number of nitrogens with zero attached hydrogens (tertiary/aromatic N) is 1. The Morgan fingerprint density at radius 1 is 0.933 bits per heavy atom. The summed E-state index contributed by atoms with van der Waals surface area (Å²) in [6.07, 6.45) is 2.61. The quantitative estimate of drug-likeness (QED) is 0.329. The minimum absolute atomic E-state index is 0.276. The molecule has 0 aliphatic rings. The summed E-state index contributed by atoms with van der Waals surface area (Å²) < 4.78 is 8.17. The van der Waals surface area contributed by atoms with E-state index in [2.05, 4.69) is 65.5 Å². The van der Waals surface area contributed by atoms with Crippen molar-refractivity contribution in [2.75, 3.05) is 19.7 Å². The summed E-state index contributed by atoms with van der Waals surface area (Å²) in [5, 5.41) is 17.1. The molecule has 1 atom stereocenters. The van der Waals surface area contributed by atoms with Crippen LogP contribution in [0.4, 0.5) is 0 Å². The Morgan fingerprint density at radius 3 is 2.60 bits per heavy atom. The lowest BCUT2D eigenvalue weighted by atomic mass is 10.1. The zero-order valence-corrected chi connectivity index (χ0v) is 17.4. The summed E-state index contributed by atoms with van der Waals surface area (Å²) >= 11 is 0. The second-order valence-corrected chi connectivity index (χ2v) is 7.71. The molecule has 1 aromatic heterocycles. The molecule has 3 aromatic carbocycles. The average Bonchev–Trinajstić information content (AvgIpc) is 2.79. The van der Waals surface area contributed by atoms with Gasteiger partial charge in [-0.1, -0.05) is 48.5 Å². The maximum Gasteiger partial charge on any atom is 0.212 e. The predicted octanol–water partition coefficient (Wildman–Crippen LogP) is 4.01. The number of fused-ring (bicyclic) bond motifs is 2.